The van der Waals surface area contributed by atoms with Crippen molar-refractivity contribution in [1.82, 2.24) is 0 Å². The lowest BCUT2D eigenvalue weighted by Gasteiger charge is -1.93. The van der Waals surface area contributed by atoms with E-state index in [1.54, 1.807) is 0 Å². The third-order valence-corrected chi connectivity index (χ3v) is 1.22. The Morgan fingerprint density at radius 2 is 1.73 bits per heavy atom. The molecule has 0 radical (unpaired) electrons. The maximum atomic E-state index is 12.4. The van der Waals surface area contributed by atoms with Gasteiger partial charge in [0, 0.05) is 5.56 Å². The largest absolute Gasteiger partial charge is 0.212 e. The number of hydrogen-bond donors (Lipinski definition) is 0. The van der Waals surface area contributed by atoms with Gasteiger partial charge in [0.1, 0.15) is 12.1 Å². The molecule has 0 bridgehead atoms. The zero-order chi connectivity index (χ0) is 8.27. The molecule has 58 valence electrons. The van der Waals surface area contributed by atoms with Crippen LogP contribution >= 0.6 is 0 Å². The molecule has 0 aliphatic heterocycles. The Morgan fingerprint density at radius 3 is 2.18 bits per heavy atom. The van der Waals surface area contributed by atoms with Crippen molar-refractivity contribution in [3.8, 4) is 0 Å². The standard InChI is InChI=1S/C8H5F3/c9-5-8(11)6-1-3-7(10)4-2-6/h1-5H/b8-5-. The van der Waals surface area contributed by atoms with E-state index in [1.165, 1.54) is 12.1 Å². The van der Waals surface area contributed by atoms with Gasteiger partial charge in [0.15, 0.2) is 5.83 Å². The van der Waals surface area contributed by atoms with Crippen molar-refractivity contribution in [2.75, 3.05) is 0 Å². The highest BCUT2D eigenvalue weighted by Crippen LogP contribution is 2.15. The van der Waals surface area contributed by atoms with Gasteiger partial charge in [0.25, 0.3) is 0 Å². The Kier molecular flexibility index (Phi) is 2.31. The molecule has 0 atom stereocenters. The first kappa shape index (κ1) is 7.85. The second kappa shape index (κ2) is 3.23. The molecular formula is C8H5F3. The van der Waals surface area contributed by atoms with Gasteiger partial charge in [-0.2, -0.15) is 0 Å². The third-order valence-electron chi connectivity index (χ3n) is 1.22. The molecule has 0 heterocycles. The number of halogens is 3. The van der Waals surface area contributed by atoms with E-state index in [0.29, 0.717) is 0 Å². The summed E-state index contributed by atoms with van der Waals surface area (Å²) in [5, 5.41) is 0. The van der Waals surface area contributed by atoms with E-state index >= 15 is 0 Å². The Morgan fingerprint density at radius 1 is 1.18 bits per heavy atom. The van der Waals surface area contributed by atoms with Gasteiger partial charge in [0.2, 0.25) is 0 Å². The molecule has 0 N–H and O–H groups in total. The van der Waals surface area contributed by atoms with Gasteiger partial charge >= 0.3 is 0 Å². The smallest absolute Gasteiger partial charge is 0.158 e. The fourth-order valence-electron chi connectivity index (χ4n) is 0.672. The van der Waals surface area contributed by atoms with Gasteiger partial charge in [-0.3, -0.25) is 0 Å². The van der Waals surface area contributed by atoms with Crippen LogP contribution in [0.2, 0.25) is 0 Å². The monoisotopic (exact) mass is 158 g/mol. The molecular weight excluding hydrogens is 153 g/mol. The molecule has 0 nitrogen and oxygen atoms in total. The summed E-state index contributed by atoms with van der Waals surface area (Å²) in [6.45, 7) is 0. The van der Waals surface area contributed by atoms with Crippen LogP contribution in [0.4, 0.5) is 13.2 Å². The second-order valence-electron chi connectivity index (χ2n) is 1.96. The minimum Gasteiger partial charge on any atom is -0.212 e. The zero-order valence-corrected chi connectivity index (χ0v) is 5.52. The summed E-state index contributed by atoms with van der Waals surface area (Å²) >= 11 is 0. The van der Waals surface area contributed by atoms with Gasteiger partial charge in [-0.05, 0) is 24.3 Å². The summed E-state index contributed by atoms with van der Waals surface area (Å²) in [6.07, 6.45) is -0.159. The summed E-state index contributed by atoms with van der Waals surface area (Å²) < 4.78 is 36.1. The van der Waals surface area contributed by atoms with Crippen LogP contribution in [-0.2, 0) is 0 Å². The highest BCUT2D eigenvalue weighted by Gasteiger charge is 1.98. The van der Waals surface area contributed by atoms with Crippen molar-refractivity contribution in [3.05, 3.63) is 42.0 Å². The predicted octanol–water partition coefficient (Wildman–Crippen LogP) is 3.06. The van der Waals surface area contributed by atoms with Gasteiger partial charge < -0.3 is 0 Å². The van der Waals surface area contributed by atoms with Gasteiger partial charge in [-0.25, -0.2) is 13.2 Å². The molecule has 3 heteroatoms. The molecule has 0 aliphatic carbocycles. The molecule has 0 unspecified atom stereocenters. The van der Waals surface area contributed by atoms with Crippen LogP contribution in [0, 0.1) is 5.82 Å². The lowest BCUT2D eigenvalue weighted by Crippen LogP contribution is -1.77. The number of benzene rings is 1. The topological polar surface area (TPSA) is 0 Å². The Balaban J connectivity index is 2.99. The Labute approximate surface area is 62.0 Å². The van der Waals surface area contributed by atoms with Crippen LogP contribution in [0.1, 0.15) is 5.56 Å². The number of hydrogen-bond acceptors (Lipinski definition) is 0. The van der Waals surface area contributed by atoms with E-state index in [9.17, 15) is 13.2 Å². The van der Waals surface area contributed by atoms with Crippen molar-refractivity contribution in [2.24, 2.45) is 0 Å². The SMILES string of the molecule is F/C=C(\F)c1ccc(F)cc1. The molecule has 0 aliphatic rings. The van der Waals surface area contributed by atoms with Crippen LogP contribution < -0.4 is 0 Å². The molecule has 0 aromatic heterocycles. The summed E-state index contributed by atoms with van der Waals surface area (Å²) in [5.74, 6) is -1.47. The molecule has 0 saturated heterocycles. The van der Waals surface area contributed by atoms with Gasteiger partial charge in [-0.15, -0.1) is 0 Å². The van der Waals surface area contributed by atoms with Crippen LogP contribution in [0.25, 0.3) is 5.83 Å². The fraction of sp³-hybridized carbons (Fsp3) is 0. The zero-order valence-electron chi connectivity index (χ0n) is 5.52. The van der Waals surface area contributed by atoms with Gasteiger partial charge in [0.05, 0.1) is 0 Å². The molecule has 0 saturated carbocycles. The number of rotatable bonds is 1. The maximum absolute atomic E-state index is 12.4. The van der Waals surface area contributed by atoms with Crippen LogP contribution in [0.3, 0.4) is 0 Å². The van der Waals surface area contributed by atoms with Crippen molar-refractivity contribution < 1.29 is 13.2 Å². The highest BCUT2D eigenvalue weighted by molar-refractivity contribution is 5.57. The van der Waals surface area contributed by atoms with E-state index in [0.717, 1.165) is 12.1 Å². The molecule has 1 aromatic rings. The lowest BCUT2D eigenvalue weighted by molar-refractivity contribution is 0.626. The molecule has 0 amide bonds. The van der Waals surface area contributed by atoms with Crippen molar-refractivity contribution in [1.29, 1.82) is 0 Å². The summed E-state index contributed by atoms with van der Waals surface area (Å²) in [7, 11) is 0. The van der Waals surface area contributed by atoms with Crippen LogP contribution in [-0.4, -0.2) is 0 Å². The summed E-state index contributed by atoms with van der Waals surface area (Å²) in [5.41, 5.74) is 0.0360. The van der Waals surface area contributed by atoms with E-state index in [-0.39, 0.29) is 11.9 Å². The van der Waals surface area contributed by atoms with E-state index in [4.69, 9.17) is 0 Å². The maximum Gasteiger partial charge on any atom is 0.158 e. The second-order valence-corrected chi connectivity index (χ2v) is 1.96. The first-order chi connectivity index (χ1) is 5.24. The van der Waals surface area contributed by atoms with E-state index in [1.807, 2.05) is 0 Å². The first-order valence-electron chi connectivity index (χ1n) is 2.96. The van der Waals surface area contributed by atoms with Gasteiger partial charge in [-0.1, -0.05) is 0 Å². The van der Waals surface area contributed by atoms with Crippen molar-refractivity contribution in [3.63, 3.8) is 0 Å². The molecule has 1 rings (SSSR count). The molecule has 0 spiro atoms. The average Bonchev–Trinajstić information content (AvgIpc) is 2.05. The molecule has 0 fully saturated rings. The Hall–Kier alpha value is -1.25. The quantitative estimate of drug-likeness (QED) is 0.589. The van der Waals surface area contributed by atoms with Crippen LogP contribution in [0.15, 0.2) is 30.6 Å². The van der Waals surface area contributed by atoms with E-state index in [2.05, 4.69) is 0 Å². The van der Waals surface area contributed by atoms with E-state index < -0.39 is 11.6 Å². The van der Waals surface area contributed by atoms with Crippen molar-refractivity contribution >= 4 is 5.83 Å². The predicted molar refractivity (Wildman–Crippen MR) is 36.6 cm³/mol. The Bertz CT molecular complexity index is 261. The molecule has 11 heavy (non-hydrogen) atoms. The van der Waals surface area contributed by atoms with Crippen molar-refractivity contribution in [2.45, 2.75) is 0 Å². The van der Waals surface area contributed by atoms with Crippen LogP contribution in [0.5, 0.6) is 0 Å². The average molecular weight is 158 g/mol. The summed E-state index contributed by atoms with van der Waals surface area (Å²) in [4.78, 5) is 0. The summed E-state index contributed by atoms with van der Waals surface area (Å²) in [6, 6.07) is 4.47. The first-order valence-corrected chi connectivity index (χ1v) is 2.96. The minimum atomic E-state index is -0.995. The minimum absolute atomic E-state index is 0.0360. The lowest BCUT2D eigenvalue weighted by atomic mass is 10.2. The highest BCUT2D eigenvalue weighted by atomic mass is 19.2. The molecule has 1 aromatic carbocycles. The fourth-order valence-corrected chi connectivity index (χ4v) is 0.672. The third kappa shape index (κ3) is 1.83. The normalized spacial score (nSPS) is 11.7.